The number of halogens is 13. The molecule has 0 amide bonds. The van der Waals surface area contributed by atoms with E-state index in [-0.39, 0.29) is 26.7 Å². The Morgan fingerprint density at radius 2 is 1.48 bits per heavy atom. The molecule has 0 N–H and O–H groups in total. The van der Waals surface area contributed by atoms with E-state index in [1.807, 2.05) is 0 Å². The lowest BCUT2D eigenvalue weighted by atomic mass is 9.91. The number of alkyl halides is 9. The van der Waals surface area contributed by atoms with E-state index in [2.05, 4.69) is 15.9 Å². The fourth-order valence-corrected chi connectivity index (χ4v) is 4.46. The Balaban J connectivity index is 2.44. The van der Waals surface area contributed by atoms with E-state index in [1.165, 1.54) is 6.92 Å². The van der Waals surface area contributed by atoms with Gasteiger partial charge in [0.25, 0.3) is 0 Å². The van der Waals surface area contributed by atoms with Crippen LogP contribution in [0.5, 0.6) is 0 Å². The van der Waals surface area contributed by atoms with Gasteiger partial charge in [-0.1, -0.05) is 42.3 Å². The highest BCUT2D eigenvalue weighted by molar-refractivity contribution is 9.10. The van der Waals surface area contributed by atoms with Gasteiger partial charge in [0.2, 0.25) is 0 Å². The summed E-state index contributed by atoms with van der Waals surface area (Å²) < 4.78 is 135. The second-order valence-electron chi connectivity index (χ2n) is 8.86. The van der Waals surface area contributed by atoms with Crippen LogP contribution in [0.1, 0.15) is 59.2 Å². The fourth-order valence-electron chi connectivity index (χ4n) is 3.73. The van der Waals surface area contributed by atoms with Crippen LogP contribution in [0.2, 0.25) is 10.0 Å². The SMILES string of the molecule is C[C@H](CC(=O)CC(F)(F)F)CC(=O)c1ccc(/C(F)=C/C(c2cc(Cl)c(Br)c(Cl)c2)C(F)(F)F)cc1C(F)(F)F. The number of benzene rings is 2. The third-order valence-electron chi connectivity index (χ3n) is 5.44. The molecule has 2 nitrogen and oxygen atoms in total. The molecule has 2 atom stereocenters. The van der Waals surface area contributed by atoms with Crippen LogP contribution >= 0.6 is 39.1 Å². The van der Waals surface area contributed by atoms with Gasteiger partial charge in [-0.2, -0.15) is 39.5 Å². The summed E-state index contributed by atoms with van der Waals surface area (Å²) in [6, 6.07) is 3.05. The molecule has 0 aliphatic carbocycles. The van der Waals surface area contributed by atoms with Gasteiger partial charge in [-0.3, -0.25) is 9.59 Å². The Kier molecular flexibility index (Phi) is 10.9. The maximum Gasteiger partial charge on any atom is 0.417 e. The summed E-state index contributed by atoms with van der Waals surface area (Å²) in [5.74, 6) is -7.90. The largest absolute Gasteiger partial charge is 0.417 e. The minimum atomic E-state index is -5.26. The average Bonchev–Trinajstić information content (AvgIpc) is 2.77. The molecule has 0 saturated heterocycles. The van der Waals surface area contributed by atoms with Crippen molar-refractivity contribution >= 4 is 56.5 Å². The van der Waals surface area contributed by atoms with Crippen LogP contribution in [0, 0.1) is 5.92 Å². The first-order valence-corrected chi connectivity index (χ1v) is 12.6. The predicted molar refractivity (Wildman–Crippen MR) is 132 cm³/mol. The highest BCUT2D eigenvalue weighted by Gasteiger charge is 2.41. The fraction of sp³-hybridized carbons (Fsp3) is 0.360. The molecule has 1 unspecified atom stereocenters. The van der Waals surface area contributed by atoms with Gasteiger partial charge in [0.15, 0.2) is 5.78 Å². The summed E-state index contributed by atoms with van der Waals surface area (Å²) in [7, 11) is 0. The molecule has 2 aromatic carbocycles. The maximum absolute atomic E-state index is 15.0. The van der Waals surface area contributed by atoms with Crippen LogP contribution in [0.15, 0.2) is 40.9 Å². The van der Waals surface area contributed by atoms with Crippen molar-refractivity contribution in [1.82, 2.24) is 0 Å². The number of allylic oxidation sites excluding steroid dienone is 1. The summed E-state index contributed by atoms with van der Waals surface area (Å²) in [4.78, 5) is 24.0. The van der Waals surface area contributed by atoms with Crippen molar-refractivity contribution < 1.29 is 53.5 Å². The molecule has 40 heavy (non-hydrogen) atoms. The Labute approximate surface area is 239 Å². The third-order valence-corrected chi connectivity index (χ3v) is 7.35. The summed E-state index contributed by atoms with van der Waals surface area (Å²) in [6.07, 6.45) is -18.4. The molecule has 0 saturated carbocycles. The van der Waals surface area contributed by atoms with Crippen LogP contribution in [0.3, 0.4) is 0 Å². The van der Waals surface area contributed by atoms with Crippen molar-refractivity contribution in [3.05, 3.63) is 73.2 Å². The molecule has 0 radical (unpaired) electrons. The van der Waals surface area contributed by atoms with Gasteiger partial charge in [-0.15, -0.1) is 0 Å². The second-order valence-corrected chi connectivity index (χ2v) is 10.5. The van der Waals surface area contributed by atoms with E-state index >= 15 is 0 Å². The number of ketones is 2. The van der Waals surface area contributed by atoms with Crippen LogP contribution in [0.4, 0.5) is 43.9 Å². The van der Waals surface area contributed by atoms with E-state index in [0.717, 1.165) is 12.1 Å². The summed E-state index contributed by atoms with van der Waals surface area (Å²) in [6.45, 7) is 1.19. The molecule has 0 spiro atoms. The van der Waals surface area contributed by atoms with Gasteiger partial charge in [-0.05, 0) is 51.7 Å². The lowest BCUT2D eigenvalue weighted by Gasteiger charge is -2.19. The topological polar surface area (TPSA) is 34.1 Å². The third kappa shape index (κ3) is 9.47. The van der Waals surface area contributed by atoms with Crippen molar-refractivity contribution in [2.45, 2.75) is 50.6 Å². The zero-order valence-corrected chi connectivity index (χ0v) is 23.1. The van der Waals surface area contributed by atoms with Crippen LogP contribution in [0.25, 0.3) is 5.83 Å². The summed E-state index contributed by atoms with van der Waals surface area (Å²) in [5.41, 5.74) is -4.19. The minimum Gasteiger partial charge on any atom is -0.299 e. The smallest absolute Gasteiger partial charge is 0.299 e. The summed E-state index contributed by atoms with van der Waals surface area (Å²) >= 11 is 14.6. The Morgan fingerprint density at radius 1 is 0.925 bits per heavy atom. The number of hydrogen-bond donors (Lipinski definition) is 0. The first kappa shape index (κ1) is 34.1. The Hall–Kier alpha value is -2.12. The lowest BCUT2D eigenvalue weighted by molar-refractivity contribution is -0.152. The number of carbonyl (C=O) groups excluding carboxylic acids is 2. The Morgan fingerprint density at radius 3 is 1.95 bits per heavy atom. The van der Waals surface area contributed by atoms with Crippen molar-refractivity contribution in [3.8, 4) is 0 Å². The molecule has 0 fully saturated rings. The molecule has 0 bridgehead atoms. The highest BCUT2D eigenvalue weighted by atomic mass is 79.9. The van der Waals surface area contributed by atoms with E-state index in [0.29, 0.717) is 12.1 Å². The predicted octanol–water partition coefficient (Wildman–Crippen LogP) is 10.6. The number of rotatable bonds is 9. The number of carbonyl (C=O) groups is 2. The first-order valence-electron chi connectivity index (χ1n) is 11.0. The van der Waals surface area contributed by atoms with Gasteiger partial charge < -0.3 is 0 Å². The lowest BCUT2D eigenvalue weighted by Crippen LogP contribution is -2.20. The van der Waals surface area contributed by atoms with Crippen molar-refractivity contribution in [3.63, 3.8) is 0 Å². The zero-order valence-electron chi connectivity index (χ0n) is 20.0. The monoisotopic (exact) mass is 688 g/mol. The summed E-state index contributed by atoms with van der Waals surface area (Å²) in [5, 5.41) is -0.468. The van der Waals surface area contributed by atoms with Crippen molar-refractivity contribution in [1.29, 1.82) is 0 Å². The number of Topliss-reactive ketones (excluding diaryl/α,β-unsaturated/α-hetero) is 2. The van der Waals surface area contributed by atoms with E-state index < -0.39 is 89.3 Å². The molecule has 220 valence electrons. The van der Waals surface area contributed by atoms with Crippen molar-refractivity contribution in [2.24, 2.45) is 5.92 Å². The standard InChI is InChI=1S/C25H17BrCl2F10O2/c1-11(4-14(39)10-23(30,31)32)5-21(40)15-3-2-12(6-17(15)25(36,37)38)20(29)9-16(24(33,34)35)13-7-18(27)22(26)19(28)8-13/h2-3,6-9,11,16H,4-5,10H2,1H3/b20-9-/t11-,16?/m1/s1. The van der Waals surface area contributed by atoms with E-state index in [1.54, 1.807) is 0 Å². The molecular formula is C25H17BrCl2F10O2. The van der Waals surface area contributed by atoms with Gasteiger partial charge in [0.1, 0.15) is 23.9 Å². The molecular weight excluding hydrogens is 673 g/mol. The van der Waals surface area contributed by atoms with Gasteiger partial charge in [0, 0.05) is 24.0 Å². The quantitative estimate of drug-likeness (QED) is 0.149. The van der Waals surface area contributed by atoms with Gasteiger partial charge in [0.05, 0.1) is 20.1 Å². The zero-order chi connectivity index (χ0) is 30.8. The molecule has 0 aliphatic heterocycles. The van der Waals surface area contributed by atoms with Crippen LogP contribution < -0.4 is 0 Å². The second kappa shape index (κ2) is 12.8. The minimum absolute atomic E-state index is 0.0290. The average molecular weight is 690 g/mol. The molecule has 15 heteroatoms. The molecule has 2 aromatic rings. The Bertz CT molecular complexity index is 1280. The van der Waals surface area contributed by atoms with Crippen molar-refractivity contribution in [2.75, 3.05) is 0 Å². The van der Waals surface area contributed by atoms with Gasteiger partial charge in [-0.25, -0.2) is 4.39 Å². The first-order chi connectivity index (χ1) is 18.1. The molecule has 0 aliphatic rings. The van der Waals surface area contributed by atoms with Crippen LogP contribution in [-0.2, 0) is 11.0 Å². The maximum atomic E-state index is 15.0. The van der Waals surface area contributed by atoms with E-state index in [9.17, 15) is 53.5 Å². The number of hydrogen-bond acceptors (Lipinski definition) is 2. The van der Waals surface area contributed by atoms with Gasteiger partial charge >= 0.3 is 18.5 Å². The molecule has 2 rings (SSSR count). The van der Waals surface area contributed by atoms with E-state index in [4.69, 9.17) is 23.2 Å². The normalized spacial score (nSPS) is 14.7. The van der Waals surface area contributed by atoms with Crippen LogP contribution in [-0.4, -0.2) is 23.9 Å². The molecule has 0 heterocycles. The molecule has 0 aromatic heterocycles. The highest BCUT2D eigenvalue weighted by Crippen LogP contribution is 2.43.